The summed E-state index contributed by atoms with van der Waals surface area (Å²) in [7, 11) is 1.61. The molecule has 0 aromatic heterocycles. The monoisotopic (exact) mass is 314 g/mol. The number of carbonyl (C=O) groups is 2. The van der Waals surface area contributed by atoms with Gasteiger partial charge in [0.15, 0.2) is 0 Å². The van der Waals surface area contributed by atoms with Crippen LogP contribution in [0, 0.1) is 0 Å². The smallest absolute Gasteiger partial charge is 0.311 e. The van der Waals surface area contributed by atoms with E-state index in [1.807, 2.05) is 24.3 Å². The molecule has 0 unspecified atom stereocenters. The van der Waals surface area contributed by atoms with E-state index in [0.717, 1.165) is 17.8 Å². The molecule has 0 heterocycles. The average molecular weight is 314 g/mol. The molecule has 0 fully saturated rings. The molecule has 0 radical (unpaired) electrons. The van der Waals surface area contributed by atoms with Crippen LogP contribution in [0.4, 0.5) is 0 Å². The maximum atomic E-state index is 11.7. The van der Waals surface area contributed by atoms with E-state index in [2.05, 4.69) is 0 Å². The Hall–Kier alpha value is -2.82. The van der Waals surface area contributed by atoms with Gasteiger partial charge in [0, 0.05) is 12.0 Å². The molecule has 0 aliphatic carbocycles. The van der Waals surface area contributed by atoms with Gasteiger partial charge in [0.1, 0.15) is 23.5 Å². The van der Waals surface area contributed by atoms with Crippen molar-refractivity contribution in [1.82, 2.24) is 0 Å². The van der Waals surface area contributed by atoms with Crippen LogP contribution >= 0.6 is 0 Å². The predicted octanol–water partition coefficient (Wildman–Crippen LogP) is 3.27. The summed E-state index contributed by atoms with van der Waals surface area (Å²) in [4.78, 5) is 22.2. The summed E-state index contributed by atoms with van der Waals surface area (Å²) in [6.45, 7) is 0.422. The number of carbonyl (C=O) groups excluding carboxylic acids is 2. The zero-order chi connectivity index (χ0) is 16.5. The van der Waals surface area contributed by atoms with Crippen LogP contribution < -0.4 is 14.2 Å². The number of ether oxygens (including phenoxy) is 3. The standard InChI is InChI=1S/C18H18O5/c1-21-15-8-10-16(11-9-15)22-12-2-3-18(20)23-17-6-4-14(13-19)5-7-17/h4-11,13H,2-3,12H2,1H3. The minimum atomic E-state index is -0.331. The SMILES string of the molecule is COc1ccc(OCCCC(=O)Oc2ccc(C=O)cc2)cc1. The van der Waals surface area contributed by atoms with E-state index >= 15 is 0 Å². The predicted molar refractivity (Wildman–Crippen MR) is 85.2 cm³/mol. The van der Waals surface area contributed by atoms with Gasteiger partial charge in [0.2, 0.25) is 0 Å². The summed E-state index contributed by atoms with van der Waals surface area (Å²) in [6, 6.07) is 13.6. The summed E-state index contributed by atoms with van der Waals surface area (Å²) in [5, 5.41) is 0. The van der Waals surface area contributed by atoms with Gasteiger partial charge in [0.05, 0.1) is 13.7 Å². The van der Waals surface area contributed by atoms with Crippen molar-refractivity contribution in [3.8, 4) is 17.2 Å². The molecule has 5 heteroatoms. The van der Waals surface area contributed by atoms with Crippen LogP contribution in [-0.4, -0.2) is 26.0 Å². The Kier molecular flexibility index (Phi) is 6.17. The van der Waals surface area contributed by atoms with E-state index in [9.17, 15) is 9.59 Å². The highest BCUT2D eigenvalue weighted by Gasteiger charge is 2.05. The zero-order valence-corrected chi connectivity index (χ0v) is 12.9. The highest BCUT2D eigenvalue weighted by Crippen LogP contribution is 2.17. The van der Waals surface area contributed by atoms with Crippen molar-refractivity contribution in [2.75, 3.05) is 13.7 Å². The van der Waals surface area contributed by atoms with Crippen LogP contribution in [0.1, 0.15) is 23.2 Å². The van der Waals surface area contributed by atoms with Crippen molar-refractivity contribution in [1.29, 1.82) is 0 Å². The second kappa shape index (κ2) is 8.58. The molecule has 0 saturated heterocycles. The highest BCUT2D eigenvalue weighted by atomic mass is 16.5. The number of esters is 1. The van der Waals surface area contributed by atoms with E-state index in [-0.39, 0.29) is 12.4 Å². The van der Waals surface area contributed by atoms with Gasteiger partial charge in [-0.05, 0) is 55.0 Å². The fourth-order valence-electron chi connectivity index (χ4n) is 1.88. The molecule has 0 spiro atoms. The third-order valence-corrected chi connectivity index (χ3v) is 3.10. The molecule has 0 saturated carbocycles. The van der Waals surface area contributed by atoms with Crippen molar-refractivity contribution in [3.05, 3.63) is 54.1 Å². The minimum Gasteiger partial charge on any atom is -0.497 e. The van der Waals surface area contributed by atoms with E-state index in [0.29, 0.717) is 24.3 Å². The molecule has 2 aromatic carbocycles. The van der Waals surface area contributed by atoms with Crippen LogP contribution in [0.3, 0.4) is 0 Å². The number of hydrogen-bond donors (Lipinski definition) is 0. The maximum absolute atomic E-state index is 11.7. The molecule has 0 aliphatic rings. The Bertz CT molecular complexity index is 631. The Morgan fingerprint density at radius 3 is 2.17 bits per heavy atom. The number of aldehydes is 1. The van der Waals surface area contributed by atoms with Crippen molar-refractivity contribution >= 4 is 12.3 Å². The van der Waals surface area contributed by atoms with Gasteiger partial charge in [-0.3, -0.25) is 9.59 Å². The summed E-state index contributed by atoms with van der Waals surface area (Å²) < 4.78 is 15.8. The molecule has 5 nitrogen and oxygen atoms in total. The van der Waals surface area contributed by atoms with E-state index in [4.69, 9.17) is 14.2 Å². The van der Waals surface area contributed by atoms with Gasteiger partial charge in [-0.15, -0.1) is 0 Å². The maximum Gasteiger partial charge on any atom is 0.311 e. The first-order valence-electron chi connectivity index (χ1n) is 7.24. The normalized spacial score (nSPS) is 9.96. The van der Waals surface area contributed by atoms with Crippen molar-refractivity contribution in [2.45, 2.75) is 12.8 Å². The average Bonchev–Trinajstić information content (AvgIpc) is 2.60. The lowest BCUT2D eigenvalue weighted by Gasteiger charge is -2.07. The third-order valence-electron chi connectivity index (χ3n) is 3.10. The van der Waals surface area contributed by atoms with Crippen molar-refractivity contribution in [2.24, 2.45) is 0 Å². The lowest BCUT2D eigenvalue weighted by molar-refractivity contribution is -0.134. The third kappa shape index (κ3) is 5.47. The van der Waals surface area contributed by atoms with Crippen LogP contribution in [0.5, 0.6) is 17.2 Å². The molecule has 0 atom stereocenters. The molecule has 2 rings (SSSR count). The van der Waals surface area contributed by atoms with Gasteiger partial charge in [-0.25, -0.2) is 0 Å². The molecule has 23 heavy (non-hydrogen) atoms. The second-order valence-electron chi connectivity index (χ2n) is 4.79. The molecule has 0 N–H and O–H groups in total. The Balaban J connectivity index is 1.68. The van der Waals surface area contributed by atoms with Gasteiger partial charge in [-0.1, -0.05) is 0 Å². The molecule has 2 aromatic rings. The van der Waals surface area contributed by atoms with Crippen LogP contribution in [0.15, 0.2) is 48.5 Å². The van der Waals surface area contributed by atoms with Crippen molar-refractivity contribution < 1.29 is 23.8 Å². The first kappa shape index (κ1) is 16.5. The Labute approximate surface area is 134 Å². The molecular weight excluding hydrogens is 296 g/mol. The fourth-order valence-corrected chi connectivity index (χ4v) is 1.88. The minimum absolute atomic E-state index is 0.256. The second-order valence-corrected chi connectivity index (χ2v) is 4.79. The quantitative estimate of drug-likeness (QED) is 0.324. The molecular formula is C18H18O5. The summed E-state index contributed by atoms with van der Waals surface area (Å²) in [5.74, 6) is 1.59. The zero-order valence-electron chi connectivity index (χ0n) is 12.9. The van der Waals surface area contributed by atoms with Crippen molar-refractivity contribution in [3.63, 3.8) is 0 Å². The lowest BCUT2D eigenvalue weighted by atomic mass is 10.2. The highest BCUT2D eigenvalue weighted by molar-refractivity contribution is 5.76. The Morgan fingerprint density at radius 2 is 1.57 bits per heavy atom. The summed E-state index contributed by atoms with van der Waals surface area (Å²) in [6.07, 6.45) is 1.55. The molecule has 120 valence electrons. The molecule has 0 amide bonds. The summed E-state index contributed by atoms with van der Waals surface area (Å²) >= 11 is 0. The van der Waals surface area contributed by atoms with E-state index < -0.39 is 0 Å². The molecule has 0 bridgehead atoms. The van der Waals surface area contributed by atoms with Crippen LogP contribution in [0.2, 0.25) is 0 Å². The van der Waals surface area contributed by atoms with Crippen LogP contribution in [0.25, 0.3) is 0 Å². The van der Waals surface area contributed by atoms with Crippen LogP contribution in [-0.2, 0) is 4.79 Å². The number of benzene rings is 2. The largest absolute Gasteiger partial charge is 0.497 e. The first-order chi connectivity index (χ1) is 11.2. The first-order valence-corrected chi connectivity index (χ1v) is 7.24. The lowest BCUT2D eigenvalue weighted by Crippen LogP contribution is -2.10. The number of rotatable bonds is 8. The fraction of sp³-hybridized carbons (Fsp3) is 0.222. The van der Waals surface area contributed by atoms with Gasteiger partial charge in [0.25, 0.3) is 0 Å². The van der Waals surface area contributed by atoms with Gasteiger partial charge >= 0.3 is 5.97 Å². The number of methoxy groups -OCH3 is 1. The topological polar surface area (TPSA) is 61.8 Å². The molecule has 0 aliphatic heterocycles. The Morgan fingerprint density at radius 1 is 0.957 bits per heavy atom. The number of hydrogen-bond acceptors (Lipinski definition) is 5. The van der Waals surface area contributed by atoms with Gasteiger partial charge < -0.3 is 14.2 Å². The van der Waals surface area contributed by atoms with Gasteiger partial charge in [-0.2, -0.15) is 0 Å². The van der Waals surface area contributed by atoms with E-state index in [1.165, 1.54) is 0 Å². The van der Waals surface area contributed by atoms with E-state index in [1.54, 1.807) is 31.4 Å². The summed E-state index contributed by atoms with van der Waals surface area (Å²) in [5.41, 5.74) is 0.540.